The lowest BCUT2D eigenvalue weighted by atomic mass is 10.2. The second-order valence-corrected chi connectivity index (χ2v) is 2.82. The van der Waals surface area contributed by atoms with Gasteiger partial charge in [0, 0.05) is 0 Å². The van der Waals surface area contributed by atoms with E-state index in [-0.39, 0.29) is 0 Å². The molecule has 1 atom stereocenters. The van der Waals surface area contributed by atoms with Gasteiger partial charge in [-0.15, -0.1) is 9.24 Å². The molecule has 1 unspecified atom stereocenters. The smallest absolute Gasteiger partial charge is 0.0998 e. The number of nitriles is 1. The largest absolute Gasteiger partial charge is 0.192 e. The lowest BCUT2D eigenvalue weighted by Gasteiger charge is -1.96. The summed E-state index contributed by atoms with van der Waals surface area (Å²) < 4.78 is 0. The number of nitrogens with zero attached hydrogens (tertiary/aromatic N) is 1. The predicted molar refractivity (Wildman–Crippen MR) is 45.2 cm³/mol. The summed E-state index contributed by atoms with van der Waals surface area (Å²) in [6.45, 7) is 2.01. The fourth-order valence-corrected chi connectivity index (χ4v) is 1.21. The SMILES string of the molecule is Cc1ccc(C#N)c(P)c1. The van der Waals surface area contributed by atoms with Gasteiger partial charge >= 0.3 is 0 Å². The molecule has 50 valence electrons. The molecule has 0 amide bonds. The molecule has 2 heteroatoms. The monoisotopic (exact) mass is 149 g/mol. The van der Waals surface area contributed by atoms with Gasteiger partial charge in [-0.2, -0.15) is 5.26 Å². The molecule has 0 heterocycles. The van der Waals surface area contributed by atoms with Crippen molar-refractivity contribution in [1.82, 2.24) is 0 Å². The number of rotatable bonds is 0. The molecule has 0 spiro atoms. The Morgan fingerprint density at radius 2 is 2.20 bits per heavy atom. The number of hydrogen-bond donors (Lipinski definition) is 0. The molecule has 0 aliphatic rings. The molecule has 0 aliphatic carbocycles. The summed E-state index contributed by atoms with van der Waals surface area (Å²) in [5.41, 5.74) is 1.92. The third-order valence-corrected chi connectivity index (χ3v) is 1.81. The minimum atomic E-state index is 0.732. The van der Waals surface area contributed by atoms with Crippen LogP contribution in [-0.4, -0.2) is 0 Å². The molecule has 0 bridgehead atoms. The Morgan fingerprint density at radius 3 is 2.70 bits per heavy atom. The van der Waals surface area contributed by atoms with Gasteiger partial charge in [0.1, 0.15) is 0 Å². The third-order valence-electron chi connectivity index (χ3n) is 1.33. The molecule has 0 aromatic heterocycles. The molecule has 0 aliphatic heterocycles. The molecular weight excluding hydrogens is 141 g/mol. The molecular formula is C8H8NP. The van der Waals surface area contributed by atoms with E-state index in [4.69, 9.17) is 5.26 Å². The van der Waals surface area contributed by atoms with E-state index < -0.39 is 0 Å². The van der Waals surface area contributed by atoms with E-state index in [1.54, 1.807) is 0 Å². The lowest BCUT2D eigenvalue weighted by Crippen LogP contribution is -1.96. The Labute approximate surface area is 62.9 Å². The molecule has 0 N–H and O–H groups in total. The van der Waals surface area contributed by atoms with Crippen LogP contribution in [0.5, 0.6) is 0 Å². The van der Waals surface area contributed by atoms with Gasteiger partial charge in [0.25, 0.3) is 0 Å². The molecule has 1 aromatic rings. The zero-order valence-corrected chi connectivity index (χ0v) is 6.91. The van der Waals surface area contributed by atoms with Crippen LogP contribution < -0.4 is 5.30 Å². The highest BCUT2D eigenvalue weighted by Gasteiger charge is 1.94. The van der Waals surface area contributed by atoms with Crippen LogP contribution in [0.25, 0.3) is 0 Å². The summed E-state index contributed by atoms with van der Waals surface area (Å²) in [6.07, 6.45) is 0. The average Bonchev–Trinajstić information content (AvgIpc) is 1.88. The first-order valence-electron chi connectivity index (χ1n) is 3.00. The summed E-state index contributed by atoms with van der Waals surface area (Å²) in [5.74, 6) is 0. The first kappa shape index (κ1) is 7.25. The molecule has 10 heavy (non-hydrogen) atoms. The van der Waals surface area contributed by atoms with Gasteiger partial charge < -0.3 is 0 Å². The van der Waals surface area contributed by atoms with Crippen molar-refractivity contribution < 1.29 is 0 Å². The fraction of sp³-hybridized carbons (Fsp3) is 0.125. The van der Waals surface area contributed by atoms with Gasteiger partial charge in [0.15, 0.2) is 0 Å². The minimum absolute atomic E-state index is 0.732. The molecule has 1 nitrogen and oxygen atoms in total. The Morgan fingerprint density at radius 1 is 1.50 bits per heavy atom. The number of aryl methyl sites for hydroxylation is 1. The van der Waals surface area contributed by atoms with Crippen molar-refractivity contribution in [3.8, 4) is 6.07 Å². The van der Waals surface area contributed by atoms with Crippen LogP contribution in [0.1, 0.15) is 11.1 Å². The van der Waals surface area contributed by atoms with Gasteiger partial charge in [0.05, 0.1) is 11.6 Å². The van der Waals surface area contributed by atoms with E-state index in [1.807, 2.05) is 25.1 Å². The number of benzene rings is 1. The average molecular weight is 149 g/mol. The summed E-state index contributed by atoms with van der Waals surface area (Å²) >= 11 is 0. The maximum atomic E-state index is 8.55. The summed E-state index contributed by atoms with van der Waals surface area (Å²) in [4.78, 5) is 0. The first-order valence-corrected chi connectivity index (χ1v) is 3.58. The van der Waals surface area contributed by atoms with E-state index >= 15 is 0 Å². The van der Waals surface area contributed by atoms with Crippen LogP contribution in [0, 0.1) is 18.3 Å². The highest BCUT2D eigenvalue weighted by Crippen LogP contribution is 2.02. The molecule has 1 aromatic carbocycles. The molecule has 0 fully saturated rings. The molecule has 0 saturated heterocycles. The predicted octanol–water partition coefficient (Wildman–Crippen LogP) is 1.37. The lowest BCUT2D eigenvalue weighted by molar-refractivity contribution is 1.45. The standard InChI is InChI=1S/C8H8NP/c1-6-2-3-7(5-9)8(10)4-6/h2-4H,10H2,1H3. The van der Waals surface area contributed by atoms with E-state index in [0.717, 1.165) is 10.9 Å². The van der Waals surface area contributed by atoms with Crippen LogP contribution in [0.2, 0.25) is 0 Å². The van der Waals surface area contributed by atoms with Crippen molar-refractivity contribution in [3.63, 3.8) is 0 Å². The van der Waals surface area contributed by atoms with Crippen LogP contribution >= 0.6 is 9.24 Å². The number of hydrogen-bond acceptors (Lipinski definition) is 1. The van der Waals surface area contributed by atoms with Crippen molar-refractivity contribution in [1.29, 1.82) is 5.26 Å². The van der Waals surface area contributed by atoms with Crippen molar-refractivity contribution >= 4 is 14.5 Å². The van der Waals surface area contributed by atoms with Gasteiger partial charge in [-0.25, -0.2) is 0 Å². The Kier molecular flexibility index (Phi) is 2.04. The summed E-state index contributed by atoms with van der Waals surface area (Å²) in [5, 5.41) is 9.52. The molecule has 1 rings (SSSR count). The van der Waals surface area contributed by atoms with Gasteiger partial charge in [-0.05, 0) is 18.3 Å². The van der Waals surface area contributed by atoms with Crippen LogP contribution in [0.3, 0.4) is 0 Å². The van der Waals surface area contributed by atoms with Gasteiger partial charge in [-0.1, -0.05) is 17.7 Å². The second-order valence-electron chi connectivity index (χ2n) is 2.20. The molecule has 0 radical (unpaired) electrons. The van der Waals surface area contributed by atoms with Crippen molar-refractivity contribution in [2.24, 2.45) is 0 Å². The normalized spacial score (nSPS) is 8.90. The molecule has 0 saturated carbocycles. The van der Waals surface area contributed by atoms with Crippen molar-refractivity contribution in [3.05, 3.63) is 29.3 Å². The highest BCUT2D eigenvalue weighted by molar-refractivity contribution is 7.27. The Bertz CT molecular complexity index is 286. The first-order chi connectivity index (χ1) is 4.74. The quantitative estimate of drug-likeness (QED) is 0.511. The van der Waals surface area contributed by atoms with Crippen LogP contribution in [-0.2, 0) is 0 Å². The van der Waals surface area contributed by atoms with Crippen LogP contribution in [0.4, 0.5) is 0 Å². The van der Waals surface area contributed by atoms with E-state index in [1.165, 1.54) is 5.56 Å². The topological polar surface area (TPSA) is 23.8 Å². The maximum Gasteiger partial charge on any atom is 0.0998 e. The second kappa shape index (κ2) is 2.82. The highest BCUT2D eigenvalue weighted by atomic mass is 31.0. The minimum Gasteiger partial charge on any atom is -0.192 e. The summed E-state index contributed by atoms with van der Waals surface area (Å²) in [7, 11) is 2.54. The van der Waals surface area contributed by atoms with Crippen molar-refractivity contribution in [2.75, 3.05) is 0 Å². The van der Waals surface area contributed by atoms with Crippen LogP contribution in [0.15, 0.2) is 18.2 Å². The fourth-order valence-electron chi connectivity index (χ4n) is 0.784. The van der Waals surface area contributed by atoms with Crippen molar-refractivity contribution in [2.45, 2.75) is 6.92 Å². The summed E-state index contributed by atoms with van der Waals surface area (Å²) in [6, 6.07) is 7.84. The van der Waals surface area contributed by atoms with E-state index in [0.29, 0.717) is 0 Å². The Hall–Kier alpha value is -0.860. The van der Waals surface area contributed by atoms with Gasteiger partial charge in [0.2, 0.25) is 0 Å². The maximum absolute atomic E-state index is 8.55. The zero-order chi connectivity index (χ0) is 7.56. The van der Waals surface area contributed by atoms with E-state index in [9.17, 15) is 0 Å². The van der Waals surface area contributed by atoms with Gasteiger partial charge in [-0.3, -0.25) is 0 Å². The van der Waals surface area contributed by atoms with E-state index in [2.05, 4.69) is 15.3 Å². The third kappa shape index (κ3) is 1.35. The zero-order valence-electron chi connectivity index (χ0n) is 5.76. The Balaban J connectivity index is 3.23.